The Morgan fingerprint density at radius 1 is 1.03 bits per heavy atom. The summed E-state index contributed by atoms with van der Waals surface area (Å²) >= 11 is 1.43. The van der Waals surface area contributed by atoms with Crippen LogP contribution in [0.5, 0.6) is 0 Å². The van der Waals surface area contributed by atoms with Gasteiger partial charge in [0.25, 0.3) is 5.56 Å². The molecule has 0 radical (unpaired) electrons. The number of nitrogens with one attached hydrogen (secondary N) is 1. The molecule has 0 saturated heterocycles. The third-order valence-corrected chi connectivity index (χ3v) is 5.88. The predicted octanol–water partition coefficient (Wildman–Crippen LogP) is 4.94. The zero-order valence-electron chi connectivity index (χ0n) is 16.5. The number of benzene rings is 2. The maximum absolute atomic E-state index is 13.2. The van der Waals surface area contributed by atoms with Gasteiger partial charge < -0.3 is 5.32 Å². The highest BCUT2D eigenvalue weighted by Gasteiger charge is 2.20. The van der Waals surface area contributed by atoms with Crippen molar-refractivity contribution in [2.75, 3.05) is 5.32 Å². The van der Waals surface area contributed by atoms with Crippen molar-refractivity contribution in [1.82, 2.24) is 9.55 Å². The van der Waals surface area contributed by atoms with E-state index < -0.39 is 6.04 Å². The van der Waals surface area contributed by atoms with Crippen molar-refractivity contribution >= 4 is 33.1 Å². The first kappa shape index (κ1) is 19.1. The number of hydrogen-bond donors (Lipinski definition) is 1. The molecule has 6 heteroatoms. The van der Waals surface area contributed by atoms with E-state index in [4.69, 9.17) is 0 Å². The number of anilines is 1. The van der Waals surface area contributed by atoms with E-state index in [0.717, 1.165) is 22.3 Å². The van der Waals surface area contributed by atoms with E-state index in [9.17, 15) is 9.59 Å². The van der Waals surface area contributed by atoms with Gasteiger partial charge in [-0.05, 0) is 38.5 Å². The van der Waals surface area contributed by atoms with Gasteiger partial charge in [0.05, 0.1) is 11.7 Å². The van der Waals surface area contributed by atoms with Crippen LogP contribution in [0.15, 0.2) is 65.0 Å². The third-order valence-electron chi connectivity index (χ3n) is 5.00. The van der Waals surface area contributed by atoms with Gasteiger partial charge in [0, 0.05) is 16.6 Å². The zero-order chi connectivity index (χ0) is 20.5. The number of rotatable bonds is 4. The van der Waals surface area contributed by atoms with Crippen LogP contribution in [0.2, 0.25) is 0 Å². The Labute approximate surface area is 172 Å². The summed E-state index contributed by atoms with van der Waals surface area (Å²) in [6, 6.07) is 14.9. The molecular formula is C23H21N3O2S. The lowest BCUT2D eigenvalue weighted by Gasteiger charge is -2.15. The molecule has 2 heterocycles. The highest BCUT2D eigenvalue weighted by Crippen LogP contribution is 2.31. The average molecular weight is 404 g/mol. The van der Waals surface area contributed by atoms with Crippen molar-refractivity contribution in [3.8, 4) is 11.1 Å². The molecule has 0 bridgehead atoms. The van der Waals surface area contributed by atoms with E-state index in [1.165, 1.54) is 22.2 Å². The van der Waals surface area contributed by atoms with E-state index in [-0.39, 0.29) is 11.5 Å². The second kappa shape index (κ2) is 7.64. The lowest BCUT2D eigenvalue weighted by Crippen LogP contribution is -2.31. The smallest absolute Gasteiger partial charge is 0.263 e. The molecule has 1 amide bonds. The van der Waals surface area contributed by atoms with Gasteiger partial charge in [0.1, 0.15) is 10.9 Å². The molecule has 4 aromatic rings. The predicted molar refractivity (Wildman–Crippen MR) is 119 cm³/mol. The monoisotopic (exact) mass is 403 g/mol. The number of carbonyl (C=O) groups is 1. The summed E-state index contributed by atoms with van der Waals surface area (Å²) in [5.74, 6) is -0.260. The Morgan fingerprint density at radius 3 is 2.31 bits per heavy atom. The standard InChI is InChI=1S/C23H21N3O2S/c1-14-4-8-17(9-5-14)19-12-29-22-20(19)23(28)26(13-24-22)16(3)21(27)25-18-10-6-15(2)7-11-18/h4-13,16H,1-3H3,(H,25,27)/t16-/m1/s1. The second-order valence-electron chi connectivity index (χ2n) is 7.18. The molecule has 0 aliphatic carbocycles. The summed E-state index contributed by atoms with van der Waals surface area (Å²) in [6.07, 6.45) is 1.46. The number of carbonyl (C=O) groups excluding carboxylic acids is 1. The van der Waals surface area contributed by atoms with Gasteiger partial charge >= 0.3 is 0 Å². The molecule has 0 saturated carbocycles. The van der Waals surface area contributed by atoms with Gasteiger partial charge in [-0.15, -0.1) is 11.3 Å². The van der Waals surface area contributed by atoms with Crippen LogP contribution in [0.25, 0.3) is 21.3 Å². The summed E-state index contributed by atoms with van der Waals surface area (Å²) in [5.41, 5.74) is 4.58. The van der Waals surface area contributed by atoms with Crippen molar-refractivity contribution in [2.45, 2.75) is 26.8 Å². The number of thiophene rings is 1. The summed E-state index contributed by atoms with van der Waals surface area (Å²) < 4.78 is 1.40. The fraction of sp³-hybridized carbons (Fsp3) is 0.174. The molecule has 1 atom stereocenters. The van der Waals surface area contributed by atoms with Crippen molar-refractivity contribution in [2.24, 2.45) is 0 Å². The topological polar surface area (TPSA) is 64.0 Å². The normalized spacial score (nSPS) is 12.1. The first-order valence-corrected chi connectivity index (χ1v) is 10.2. The molecule has 5 nitrogen and oxygen atoms in total. The molecule has 4 rings (SSSR count). The highest BCUT2D eigenvalue weighted by atomic mass is 32.1. The largest absolute Gasteiger partial charge is 0.324 e. The van der Waals surface area contributed by atoms with Crippen molar-refractivity contribution in [3.05, 3.63) is 81.7 Å². The number of aromatic nitrogens is 2. The van der Waals surface area contributed by atoms with Crippen molar-refractivity contribution in [1.29, 1.82) is 0 Å². The maximum atomic E-state index is 13.2. The third kappa shape index (κ3) is 3.71. The zero-order valence-corrected chi connectivity index (χ0v) is 17.3. The Bertz CT molecular complexity index is 1240. The number of amides is 1. The second-order valence-corrected chi connectivity index (χ2v) is 8.04. The van der Waals surface area contributed by atoms with Crippen LogP contribution in [0.1, 0.15) is 24.1 Å². The van der Waals surface area contributed by atoms with E-state index in [0.29, 0.717) is 15.9 Å². The molecule has 29 heavy (non-hydrogen) atoms. The van der Waals surface area contributed by atoms with Gasteiger partial charge in [-0.2, -0.15) is 0 Å². The van der Waals surface area contributed by atoms with Gasteiger partial charge in [0.15, 0.2) is 0 Å². The molecule has 0 aliphatic rings. The van der Waals surface area contributed by atoms with Gasteiger partial charge in [-0.3, -0.25) is 14.2 Å². The number of aryl methyl sites for hydroxylation is 2. The summed E-state index contributed by atoms with van der Waals surface area (Å²) in [4.78, 5) is 31.1. The van der Waals surface area contributed by atoms with Crippen LogP contribution in [0.3, 0.4) is 0 Å². The summed E-state index contributed by atoms with van der Waals surface area (Å²) in [6.45, 7) is 5.72. The highest BCUT2D eigenvalue weighted by molar-refractivity contribution is 7.17. The molecule has 0 fully saturated rings. The van der Waals surface area contributed by atoms with Crippen LogP contribution in [-0.4, -0.2) is 15.5 Å². The minimum atomic E-state index is -0.688. The van der Waals surface area contributed by atoms with E-state index in [1.54, 1.807) is 6.92 Å². The molecule has 0 spiro atoms. The lowest BCUT2D eigenvalue weighted by atomic mass is 10.0. The van der Waals surface area contributed by atoms with Crippen LogP contribution < -0.4 is 10.9 Å². The first-order chi connectivity index (χ1) is 13.9. The number of nitrogens with zero attached hydrogens (tertiary/aromatic N) is 2. The van der Waals surface area contributed by atoms with E-state index in [2.05, 4.69) is 10.3 Å². The Balaban J connectivity index is 1.70. The van der Waals surface area contributed by atoms with Crippen LogP contribution in [0.4, 0.5) is 5.69 Å². The SMILES string of the molecule is Cc1ccc(NC(=O)[C@@H](C)n2cnc3scc(-c4ccc(C)cc4)c3c2=O)cc1. The maximum Gasteiger partial charge on any atom is 0.263 e. The average Bonchev–Trinajstić information content (AvgIpc) is 3.15. The molecule has 2 aromatic carbocycles. The van der Waals surface area contributed by atoms with Crippen LogP contribution >= 0.6 is 11.3 Å². The molecule has 0 unspecified atom stereocenters. The number of hydrogen-bond acceptors (Lipinski definition) is 4. The molecule has 2 aromatic heterocycles. The van der Waals surface area contributed by atoms with Crippen LogP contribution in [0, 0.1) is 13.8 Å². The van der Waals surface area contributed by atoms with Gasteiger partial charge in [0.2, 0.25) is 5.91 Å². The quantitative estimate of drug-likeness (QED) is 0.525. The molecule has 1 N–H and O–H groups in total. The first-order valence-electron chi connectivity index (χ1n) is 9.37. The summed E-state index contributed by atoms with van der Waals surface area (Å²) in [7, 11) is 0. The fourth-order valence-corrected chi connectivity index (χ4v) is 4.08. The minimum absolute atomic E-state index is 0.210. The van der Waals surface area contributed by atoms with E-state index >= 15 is 0 Å². The van der Waals surface area contributed by atoms with Gasteiger partial charge in [-0.25, -0.2) is 4.98 Å². The Morgan fingerprint density at radius 2 is 1.66 bits per heavy atom. The molecule has 0 aliphatic heterocycles. The van der Waals surface area contributed by atoms with Gasteiger partial charge in [-0.1, -0.05) is 47.5 Å². The lowest BCUT2D eigenvalue weighted by molar-refractivity contribution is -0.118. The van der Waals surface area contributed by atoms with E-state index in [1.807, 2.05) is 67.8 Å². The summed E-state index contributed by atoms with van der Waals surface area (Å²) in [5, 5.41) is 5.37. The Hall–Kier alpha value is -3.25. The van der Waals surface area contributed by atoms with Crippen LogP contribution in [-0.2, 0) is 4.79 Å². The van der Waals surface area contributed by atoms with Crippen molar-refractivity contribution < 1.29 is 4.79 Å². The molecular weight excluding hydrogens is 382 g/mol. The fourth-order valence-electron chi connectivity index (χ4n) is 3.18. The minimum Gasteiger partial charge on any atom is -0.324 e. The Kier molecular flexibility index (Phi) is 5.03. The van der Waals surface area contributed by atoms with Crippen molar-refractivity contribution in [3.63, 3.8) is 0 Å². The number of fused-ring (bicyclic) bond motifs is 1. The molecule has 146 valence electrons.